The molecule has 1 N–H and O–H groups in total. The second-order valence-corrected chi connectivity index (χ2v) is 2.79. The molecule has 1 atom stereocenters. The van der Waals surface area contributed by atoms with Gasteiger partial charge in [-0.1, -0.05) is 6.08 Å². The summed E-state index contributed by atoms with van der Waals surface area (Å²) < 4.78 is 0. The smallest absolute Gasteiger partial charge is 0.314 e. The highest BCUT2D eigenvalue weighted by Crippen LogP contribution is 2.36. The molecule has 0 spiro atoms. The molecular weight excluding hydrogens is 136 g/mol. The first-order valence-corrected chi connectivity index (χ1v) is 3.36. The molecule has 0 aliphatic carbocycles. The van der Waals surface area contributed by atoms with Crippen LogP contribution in [0.2, 0.25) is 0 Å². The van der Waals surface area contributed by atoms with Gasteiger partial charge < -0.3 is 5.11 Å². The molecule has 0 saturated carbocycles. The first kappa shape index (κ1) is 6.68. The summed E-state index contributed by atoms with van der Waals surface area (Å²) >= 11 is 1.30. The Balaban J connectivity index is 2.74. The van der Waals surface area contributed by atoms with Gasteiger partial charge in [-0.2, -0.15) is 0 Å². The van der Waals surface area contributed by atoms with Gasteiger partial charge in [-0.15, -0.1) is 11.8 Å². The molecule has 0 aromatic carbocycles. The van der Waals surface area contributed by atoms with Crippen molar-refractivity contribution in [2.75, 3.05) is 0 Å². The van der Waals surface area contributed by atoms with E-state index < -0.39 is 11.4 Å². The first-order chi connectivity index (χ1) is 4.15. The summed E-state index contributed by atoms with van der Waals surface area (Å²) in [5.41, 5.74) is -0.787. The van der Waals surface area contributed by atoms with Crippen LogP contribution in [0.15, 0.2) is 6.08 Å². The number of carboxylic acid groups (broad SMARTS) is 1. The van der Waals surface area contributed by atoms with Crippen LogP contribution in [0.4, 0.5) is 0 Å². The van der Waals surface area contributed by atoms with Gasteiger partial charge in [-0.25, -0.2) is 0 Å². The molecule has 0 aromatic rings. The van der Waals surface area contributed by atoms with E-state index in [1.165, 1.54) is 11.8 Å². The second kappa shape index (κ2) is 2.06. The summed E-state index contributed by atoms with van der Waals surface area (Å²) in [5, 5.41) is 11.3. The Bertz CT molecular complexity index is 164. The van der Waals surface area contributed by atoms with Gasteiger partial charge >= 0.3 is 5.97 Å². The molecule has 0 saturated heterocycles. The normalized spacial score (nSPS) is 33.0. The number of thioether (sulfide) groups is 1. The van der Waals surface area contributed by atoms with Crippen LogP contribution < -0.4 is 0 Å². The summed E-state index contributed by atoms with van der Waals surface area (Å²) in [6.07, 6.45) is 1.56. The Hall–Kier alpha value is -0.440. The Morgan fingerprint density at radius 3 is 2.78 bits per heavy atom. The van der Waals surface area contributed by atoms with Crippen LogP contribution in [0.5, 0.6) is 0 Å². The molecule has 48 valence electrons. The second-order valence-electron chi connectivity index (χ2n) is 2.09. The molecule has 0 fully saturated rings. The van der Waals surface area contributed by atoms with E-state index in [0.29, 0.717) is 0 Å². The molecule has 1 heterocycles. The number of hydrogen-bond acceptors (Lipinski definition) is 2. The Labute approximate surface area is 57.9 Å². The van der Waals surface area contributed by atoms with Crippen LogP contribution in [0.1, 0.15) is 6.92 Å². The highest BCUT2D eigenvalue weighted by molar-refractivity contribution is 8.03. The van der Waals surface area contributed by atoms with E-state index in [1.54, 1.807) is 18.8 Å². The SMILES string of the molecule is CC1(C(=O)O)[CH]S[C]=C1. The lowest BCUT2D eigenvalue weighted by Gasteiger charge is -2.12. The number of carboxylic acids is 1. The zero-order valence-electron chi connectivity index (χ0n) is 4.92. The fourth-order valence-corrected chi connectivity index (χ4v) is 1.25. The van der Waals surface area contributed by atoms with Crippen LogP contribution in [-0.2, 0) is 4.79 Å². The van der Waals surface area contributed by atoms with Crippen molar-refractivity contribution in [2.24, 2.45) is 5.41 Å². The number of hydrogen-bond donors (Lipinski definition) is 1. The van der Waals surface area contributed by atoms with Crippen LogP contribution in [0.3, 0.4) is 0 Å². The third kappa shape index (κ3) is 1.10. The molecule has 3 heteroatoms. The van der Waals surface area contributed by atoms with Crippen molar-refractivity contribution in [3.8, 4) is 0 Å². The van der Waals surface area contributed by atoms with Crippen molar-refractivity contribution in [1.82, 2.24) is 0 Å². The highest BCUT2D eigenvalue weighted by Gasteiger charge is 2.33. The highest BCUT2D eigenvalue weighted by atomic mass is 32.2. The summed E-state index contributed by atoms with van der Waals surface area (Å²) in [7, 11) is 0. The third-order valence-corrected chi connectivity index (χ3v) is 2.05. The van der Waals surface area contributed by atoms with Crippen molar-refractivity contribution in [2.45, 2.75) is 6.92 Å². The zero-order valence-corrected chi connectivity index (χ0v) is 5.73. The largest absolute Gasteiger partial charge is 0.481 e. The summed E-state index contributed by atoms with van der Waals surface area (Å²) in [5.74, 6) is 0.829. The Morgan fingerprint density at radius 1 is 1.89 bits per heavy atom. The van der Waals surface area contributed by atoms with Gasteiger partial charge in [-0.05, 0) is 6.92 Å². The molecule has 0 amide bonds. The summed E-state index contributed by atoms with van der Waals surface area (Å²) in [4.78, 5) is 10.4. The van der Waals surface area contributed by atoms with Gasteiger partial charge in [-0.3, -0.25) is 4.79 Å². The lowest BCUT2D eigenvalue weighted by molar-refractivity contribution is -0.143. The Morgan fingerprint density at radius 2 is 2.56 bits per heavy atom. The van der Waals surface area contributed by atoms with Crippen molar-refractivity contribution < 1.29 is 9.90 Å². The summed E-state index contributed by atoms with van der Waals surface area (Å²) in [6, 6.07) is 0. The van der Waals surface area contributed by atoms with E-state index in [0.717, 1.165) is 0 Å². The fourth-order valence-electron chi connectivity index (χ4n) is 0.459. The average molecular weight is 142 g/mol. The molecule has 1 aliphatic heterocycles. The fraction of sp³-hybridized carbons (Fsp3) is 0.333. The van der Waals surface area contributed by atoms with E-state index >= 15 is 0 Å². The quantitative estimate of drug-likeness (QED) is 0.599. The molecule has 2 nitrogen and oxygen atoms in total. The number of rotatable bonds is 1. The van der Waals surface area contributed by atoms with Gasteiger partial charge in [0.15, 0.2) is 0 Å². The maximum absolute atomic E-state index is 10.4. The average Bonchev–Trinajstić information content (AvgIpc) is 2.16. The standard InChI is InChI=1S/C6H6O2S/c1-6(5(7)8)2-3-9-4-6/h2,4H,1H3,(H,7,8). The third-order valence-electron chi connectivity index (χ3n) is 1.19. The lowest BCUT2D eigenvalue weighted by Crippen LogP contribution is -2.22. The molecular formula is C6H6O2S. The predicted octanol–water partition coefficient (Wildman–Crippen LogP) is 1.30. The molecule has 0 bridgehead atoms. The maximum Gasteiger partial charge on any atom is 0.314 e. The molecule has 2 radical (unpaired) electrons. The van der Waals surface area contributed by atoms with E-state index in [4.69, 9.17) is 5.11 Å². The molecule has 0 aromatic heterocycles. The minimum absolute atomic E-state index is 0.787. The predicted molar refractivity (Wildman–Crippen MR) is 35.4 cm³/mol. The number of carbonyl (C=O) groups is 1. The Kier molecular flexibility index (Phi) is 1.53. The maximum atomic E-state index is 10.4. The van der Waals surface area contributed by atoms with Crippen molar-refractivity contribution >= 4 is 17.7 Å². The van der Waals surface area contributed by atoms with Crippen molar-refractivity contribution in [3.63, 3.8) is 0 Å². The van der Waals surface area contributed by atoms with Crippen molar-refractivity contribution in [1.29, 1.82) is 0 Å². The van der Waals surface area contributed by atoms with Gasteiger partial charge in [0, 0.05) is 11.2 Å². The minimum Gasteiger partial charge on any atom is -0.481 e. The van der Waals surface area contributed by atoms with Gasteiger partial charge in [0.2, 0.25) is 0 Å². The monoisotopic (exact) mass is 142 g/mol. The molecule has 1 unspecified atom stereocenters. The molecule has 9 heavy (non-hydrogen) atoms. The van der Waals surface area contributed by atoms with E-state index in [9.17, 15) is 4.79 Å². The van der Waals surface area contributed by atoms with E-state index in [-0.39, 0.29) is 0 Å². The lowest BCUT2D eigenvalue weighted by atomic mass is 9.94. The van der Waals surface area contributed by atoms with Crippen LogP contribution >= 0.6 is 11.8 Å². The van der Waals surface area contributed by atoms with Crippen LogP contribution in [-0.4, -0.2) is 11.1 Å². The minimum atomic E-state index is -0.819. The van der Waals surface area contributed by atoms with E-state index in [2.05, 4.69) is 5.41 Å². The molecule has 1 rings (SSSR count). The first-order valence-electron chi connectivity index (χ1n) is 2.48. The summed E-state index contributed by atoms with van der Waals surface area (Å²) in [6.45, 7) is 1.64. The van der Waals surface area contributed by atoms with Crippen molar-refractivity contribution in [3.05, 3.63) is 17.2 Å². The number of aliphatic carboxylic acids is 1. The van der Waals surface area contributed by atoms with E-state index in [1.807, 2.05) is 0 Å². The zero-order chi connectivity index (χ0) is 6.91. The topological polar surface area (TPSA) is 37.3 Å². The molecule has 1 aliphatic rings. The van der Waals surface area contributed by atoms with Gasteiger partial charge in [0.25, 0.3) is 0 Å². The van der Waals surface area contributed by atoms with Crippen LogP contribution in [0.25, 0.3) is 0 Å². The van der Waals surface area contributed by atoms with Gasteiger partial charge in [0.05, 0.1) is 5.41 Å². The van der Waals surface area contributed by atoms with Gasteiger partial charge in [0.1, 0.15) is 0 Å². The van der Waals surface area contributed by atoms with Crippen LogP contribution in [0, 0.1) is 16.6 Å².